The number of cyclic esters (lactones) is 1. The van der Waals surface area contributed by atoms with Gasteiger partial charge >= 0.3 is 11.9 Å². The lowest BCUT2D eigenvalue weighted by Crippen LogP contribution is -2.61. The van der Waals surface area contributed by atoms with Gasteiger partial charge in [-0.15, -0.1) is 0 Å². The van der Waals surface area contributed by atoms with Crippen LogP contribution in [0.15, 0.2) is 0 Å². The van der Waals surface area contributed by atoms with Crippen molar-refractivity contribution < 1.29 is 57.8 Å². The van der Waals surface area contributed by atoms with Gasteiger partial charge in [-0.05, 0) is 74.0 Å². The second kappa shape index (κ2) is 32.6. The molecule has 406 valence electrons. The molecule has 8 atom stereocenters. The Labute approximate surface area is 422 Å². The standard InChI is InChI=1S/C51H90N8O12/c1-28(2)19-17-15-13-14-16-18-20-34-26-41(61)53-35(21-22-40(52)60)45(64)54-36(23-29(3)4)46(65)55-37(24-30(5)6)48(67)58-43(32(9)10)50(69)57-39(27-42(62)63)47(66)56-38(25-31(7)8)49(68)59-44(33(11)12)51(70)71-34/h28-39,43-44H,13-27H2,1-12H3,(H2,52,60)(H,53,61)(H,54,64)(H,55,65)(H,56,66)(H,57,69)(H,58,67)(H,59,68)(H,62,63)/t34-,35+,36+,37-,38+,39+,43+,44+/m1/s1. The van der Waals surface area contributed by atoms with Crippen LogP contribution in [0, 0.1) is 35.5 Å². The first-order chi connectivity index (χ1) is 33.1. The number of carboxylic acids is 1. The van der Waals surface area contributed by atoms with Crippen LogP contribution in [0.4, 0.5) is 0 Å². The van der Waals surface area contributed by atoms with Crippen LogP contribution < -0.4 is 43.0 Å². The number of carbonyl (C=O) groups is 10. The zero-order valence-corrected chi connectivity index (χ0v) is 44.7. The highest BCUT2D eigenvalue weighted by Gasteiger charge is 2.37. The van der Waals surface area contributed by atoms with E-state index in [0.717, 1.165) is 38.5 Å². The molecule has 0 aromatic heterocycles. The fourth-order valence-corrected chi connectivity index (χ4v) is 8.20. The molecular weight excluding hydrogens is 917 g/mol. The van der Waals surface area contributed by atoms with Gasteiger partial charge in [-0.2, -0.15) is 0 Å². The van der Waals surface area contributed by atoms with Gasteiger partial charge in [-0.3, -0.25) is 43.2 Å². The normalized spacial score (nSPS) is 24.4. The quantitative estimate of drug-likeness (QED) is 0.0555. The van der Waals surface area contributed by atoms with Gasteiger partial charge in [0.05, 0.1) is 12.8 Å². The van der Waals surface area contributed by atoms with Crippen molar-refractivity contribution >= 4 is 59.2 Å². The molecule has 0 unspecified atom stereocenters. The van der Waals surface area contributed by atoms with Gasteiger partial charge in [0.25, 0.3) is 0 Å². The van der Waals surface area contributed by atoms with Crippen LogP contribution in [-0.2, 0) is 52.7 Å². The van der Waals surface area contributed by atoms with E-state index < -0.39 is 132 Å². The first kappa shape index (κ1) is 63.7. The molecule has 0 bridgehead atoms. The SMILES string of the molecule is CC(C)CCCCCCCC[C@@H]1CC(=O)N[C@@H](CCC(N)=O)C(=O)N[C@@H](CC(C)C)C(=O)N[C@H](CC(C)C)C(=O)N[C@@H](C(C)C)C(=O)N[C@@H](CC(=O)O)C(=O)N[C@@H](CC(C)C)C(=O)N[C@@H](C(C)C)C(=O)O1. The number of aliphatic carboxylic acids is 1. The maximum Gasteiger partial charge on any atom is 0.329 e. The summed E-state index contributed by atoms with van der Waals surface area (Å²) in [7, 11) is 0. The van der Waals surface area contributed by atoms with Crippen LogP contribution in [0.1, 0.15) is 179 Å². The number of carboxylic acid groups (broad SMARTS) is 1. The fraction of sp³-hybridized carbons (Fsp3) is 0.804. The Morgan fingerprint density at radius 1 is 0.507 bits per heavy atom. The van der Waals surface area contributed by atoms with E-state index in [1.165, 1.54) is 0 Å². The highest BCUT2D eigenvalue weighted by Crippen LogP contribution is 2.19. The summed E-state index contributed by atoms with van der Waals surface area (Å²) in [5.41, 5.74) is 5.48. The van der Waals surface area contributed by atoms with Crippen molar-refractivity contribution in [1.82, 2.24) is 37.2 Å². The molecule has 0 spiro atoms. The maximum absolute atomic E-state index is 14.1. The molecule has 1 saturated heterocycles. The summed E-state index contributed by atoms with van der Waals surface area (Å²) in [6.45, 7) is 21.8. The number of rotatable bonds is 22. The second-order valence-electron chi connectivity index (χ2n) is 21.7. The van der Waals surface area contributed by atoms with Crippen LogP contribution in [0.3, 0.4) is 0 Å². The highest BCUT2D eigenvalue weighted by molar-refractivity contribution is 5.98. The molecule has 1 heterocycles. The number of esters is 1. The molecule has 0 saturated carbocycles. The Hall–Kier alpha value is -5.30. The monoisotopic (exact) mass is 1010 g/mol. The zero-order valence-electron chi connectivity index (χ0n) is 44.7. The summed E-state index contributed by atoms with van der Waals surface area (Å²) in [4.78, 5) is 136. The van der Waals surface area contributed by atoms with Crippen molar-refractivity contribution in [3.63, 3.8) is 0 Å². The van der Waals surface area contributed by atoms with Crippen LogP contribution >= 0.6 is 0 Å². The predicted molar refractivity (Wildman–Crippen MR) is 269 cm³/mol. The van der Waals surface area contributed by atoms with E-state index in [1.54, 1.807) is 41.5 Å². The molecule has 10 N–H and O–H groups in total. The van der Waals surface area contributed by atoms with E-state index in [0.29, 0.717) is 12.3 Å². The number of primary amides is 1. The molecule has 1 aliphatic rings. The van der Waals surface area contributed by atoms with Crippen LogP contribution in [0.5, 0.6) is 0 Å². The van der Waals surface area contributed by atoms with Crippen molar-refractivity contribution in [3.05, 3.63) is 0 Å². The minimum Gasteiger partial charge on any atom is -0.481 e. The molecule has 0 aliphatic carbocycles. The average Bonchev–Trinajstić information content (AvgIpc) is 3.24. The predicted octanol–water partition coefficient (Wildman–Crippen LogP) is 3.66. The Balaban J connectivity index is 3.95. The van der Waals surface area contributed by atoms with Crippen molar-refractivity contribution in [3.8, 4) is 0 Å². The van der Waals surface area contributed by atoms with Gasteiger partial charge in [0.15, 0.2) is 0 Å². The summed E-state index contributed by atoms with van der Waals surface area (Å²) in [5, 5.41) is 28.3. The van der Waals surface area contributed by atoms with Gasteiger partial charge in [0, 0.05) is 6.42 Å². The van der Waals surface area contributed by atoms with Gasteiger partial charge < -0.3 is 52.8 Å². The molecule has 1 fully saturated rings. The number of hydrogen-bond donors (Lipinski definition) is 9. The lowest BCUT2D eigenvalue weighted by Gasteiger charge is -2.29. The number of nitrogens with two attached hydrogens (primary N) is 1. The average molecular weight is 1010 g/mol. The van der Waals surface area contributed by atoms with Gasteiger partial charge in [-0.1, -0.05) is 122 Å². The van der Waals surface area contributed by atoms with Crippen molar-refractivity contribution in [1.29, 1.82) is 0 Å². The third-order valence-corrected chi connectivity index (χ3v) is 12.1. The first-order valence-corrected chi connectivity index (χ1v) is 25.9. The molecule has 0 aromatic carbocycles. The molecular formula is C51H90N8O12. The Morgan fingerprint density at radius 3 is 1.35 bits per heavy atom. The molecule has 20 nitrogen and oxygen atoms in total. The second-order valence-corrected chi connectivity index (χ2v) is 21.7. The number of carbonyl (C=O) groups excluding carboxylic acids is 9. The lowest BCUT2D eigenvalue weighted by molar-refractivity contribution is -0.156. The minimum absolute atomic E-state index is 0.0433. The van der Waals surface area contributed by atoms with Gasteiger partial charge in [0.1, 0.15) is 48.4 Å². The summed E-state index contributed by atoms with van der Waals surface area (Å²) in [6.07, 6.45) is 4.23. The molecule has 8 amide bonds. The Morgan fingerprint density at radius 2 is 0.915 bits per heavy atom. The number of nitrogens with one attached hydrogen (secondary N) is 7. The van der Waals surface area contributed by atoms with E-state index in [-0.39, 0.29) is 56.3 Å². The minimum atomic E-state index is -1.72. The Kier molecular flexibility index (Phi) is 29.3. The van der Waals surface area contributed by atoms with Crippen molar-refractivity contribution in [2.24, 2.45) is 41.2 Å². The number of ether oxygens (including phenoxy) is 1. The molecule has 1 aliphatic heterocycles. The number of unbranched alkanes of at least 4 members (excludes halogenated alkanes) is 5. The fourth-order valence-electron chi connectivity index (χ4n) is 8.20. The van der Waals surface area contributed by atoms with Crippen LogP contribution in [0.2, 0.25) is 0 Å². The number of amides is 8. The van der Waals surface area contributed by atoms with E-state index in [2.05, 4.69) is 51.1 Å². The highest BCUT2D eigenvalue weighted by atomic mass is 16.5. The van der Waals surface area contributed by atoms with Crippen LogP contribution in [-0.4, -0.2) is 113 Å². The summed E-state index contributed by atoms with van der Waals surface area (Å²) >= 11 is 0. The molecule has 71 heavy (non-hydrogen) atoms. The van der Waals surface area contributed by atoms with Gasteiger partial charge in [0.2, 0.25) is 47.3 Å². The Bertz CT molecular complexity index is 1770. The summed E-state index contributed by atoms with van der Waals surface area (Å²) in [5.74, 6) is -9.89. The smallest absolute Gasteiger partial charge is 0.329 e. The van der Waals surface area contributed by atoms with E-state index in [9.17, 15) is 53.1 Å². The molecule has 1 rings (SSSR count). The third kappa shape index (κ3) is 26.1. The zero-order chi connectivity index (χ0) is 54.1. The van der Waals surface area contributed by atoms with E-state index >= 15 is 0 Å². The van der Waals surface area contributed by atoms with Gasteiger partial charge in [-0.25, -0.2) is 4.79 Å². The van der Waals surface area contributed by atoms with Crippen molar-refractivity contribution in [2.45, 2.75) is 228 Å². The first-order valence-electron chi connectivity index (χ1n) is 25.9. The number of hydrogen-bond acceptors (Lipinski definition) is 11. The van der Waals surface area contributed by atoms with E-state index in [1.807, 2.05) is 27.7 Å². The summed E-state index contributed by atoms with van der Waals surface area (Å²) in [6, 6.07) is -9.50. The van der Waals surface area contributed by atoms with E-state index in [4.69, 9.17) is 10.5 Å². The summed E-state index contributed by atoms with van der Waals surface area (Å²) < 4.78 is 6.01. The molecule has 0 radical (unpaired) electrons. The maximum atomic E-state index is 14.1. The van der Waals surface area contributed by atoms with Crippen molar-refractivity contribution in [2.75, 3.05) is 0 Å². The van der Waals surface area contributed by atoms with Crippen LogP contribution in [0.25, 0.3) is 0 Å². The largest absolute Gasteiger partial charge is 0.481 e. The molecule has 20 heteroatoms. The molecule has 0 aromatic rings. The third-order valence-electron chi connectivity index (χ3n) is 12.1. The lowest BCUT2D eigenvalue weighted by atomic mass is 9.98. The topological polar surface area (TPSA) is 310 Å².